The normalized spacial score (nSPS) is 25.2. The smallest absolute Gasteiger partial charge is 0.267 e. The maximum atomic E-state index is 12.1. The van der Waals surface area contributed by atoms with E-state index in [0.29, 0.717) is 11.8 Å². The largest absolute Gasteiger partial charge is 0.364 e. The molecule has 0 aromatic carbocycles. The Morgan fingerprint density at radius 3 is 2.65 bits per heavy atom. The number of hydrogen-bond acceptors (Lipinski definition) is 3. The van der Waals surface area contributed by atoms with Gasteiger partial charge in [-0.2, -0.15) is 0 Å². The van der Waals surface area contributed by atoms with E-state index in [1.807, 2.05) is 4.90 Å². The van der Waals surface area contributed by atoms with Crippen LogP contribution in [0.4, 0.5) is 5.69 Å². The molecule has 0 saturated heterocycles. The standard InChI is InChI=1S/C15H19N3O2/c1-8-5-11-6-12(15(16)20)17-7-13(11)18(9(2)19)14(8)10-3-4-10/h6-8,10,14H,3-5H2,1-2H3,(H2,16,20)/t8-,14-/m1/s1. The highest BCUT2D eigenvalue weighted by molar-refractivity contribution is 5.95. The van der Waals surface area contributed by atoms with Gasteiger partial charge in [0.25, 0.3) is 5.91 Å². The molecule has 5 nitrogen and oxygen atoms in total. The molecule has 106 valence electrons. The third-order valence-corrected chi connectivity index (χ3v) is 4.35. The van der Waals surface area contributed by atoms with Gasteiger partial charge in [-0.05, 0) is 42.7 Å². The average molecular weight is 273 g/mol. The number of carbonyl (C=O) groups is 2. The fourth-order valence-corrected chi connectivity index (χ4v) is 3.38. The molecule has 0 bridgehead atoms. The molecule has 3 rings (SSSR count). The molecule has 2 atom stereocenters. The highest BCUT2D eigenvalue weighted by Crippen LogP contribution is 2.45. The van der Waals surface area contributed by atoms with E-state index in [1.54, 1.807) is 19.2 Å². The van der Waals surface area contributed by atoms with Gasteiger partial charge in [0.1, 0.15) is 5.69 Å². The van der Waals surface area contributed by atoms with Crippen molar-refractivity contribution >= 4 is 17.5 Å². The summed E-state index contributed by atoms with van der Waals surface area (Å²) in [4.78, 5) is 29.3. The summed E-state index contributed by atoms with van der Waals surface area (Å²) in [5, 5.41) is 0. The van der Waals surface area contributed by atoms with E-state index in [-0.39, 0.29) is 17.6 Å². The summed E-state index contributed by atoms with van der Waals surface area (Å²) in [7, 11) is 0. The lowest BCUT2D eigenvalue weighted by Gasteiger charge is -2.41. The summed E-state index contributed by atoms with van der Waals surface area (Å²) < 4.78 is 0. The Bertz CT molecular complexity index is 580. The van der Waals surface area contributed by atoms with Crippen LogP contribution < -0.4 is 10.6 Å². The summed E-state index contributed by atoms with van der Waals surface area (Å²) in [6.45, 7) is 3.77. The van der Waals surface area contributed by atoms with Gasteiger partial charge in [0.05, 0.1) is 11.9 Å². The first-order valence-electron chi connectivity index (χ1n) is 7.07. The highest BCUT2D eigenvalue weighted by atomic mass is 16.2. The zero-order valence-corrected chi connectivity index (χ0v) is 11.8. The number of fused-ring (bicyclic) bond motifs is 1. The third kappa shape index (κ3) is 2.07. The maximum absolute atomic E-state index is 12.1. The van der Waals surface area contributed by atoms with Crippen molar-refractivity contribution in [2.45, 2.75) is 39.2 Å². The monoisotopic (exact) mass is 273 g/mol. The maximum Gasteiger partial charge on any atom is 0.267 e. The lowest BCUT2D eigenvalue weighted by molar-refractivity contribution is -0.117. The first kappa shape index (κ1) is 13.1. The van der Waals surface area contributed by atoms with Crippen molar-refractivity contribution in [1.29, 1.82) is 0 Å². The summed E-state index contributed by atoms with van der Waals surface area (Å²) >= 11 is 0. The molecule has 1 aliphatic carbocycles. The molecule has 2 heterocycles. The van der Waals surface area contributed by atoms with Crippen LogP contribution in [0.25, 0.3) is 0 Å². The summed E-state index contributed by atoms with van der Waals surface area (Å²) in [6.07, 6.45) is 4.88. The van der Waals surface area contributed by atoms with Gasteiger partial charge in [-0.3, -0.25) is 9.59 Å². The first-order chi connectivity index (χ1) is 9.49. The number of nitrogens with two attached hydrogens (primary N) is 1. The Hall–Kier alpha value is -1.91. The summed E-state index contributed by atoms with van der Waals surface area (Å²) in [5.74, 6) is 0.516. The quantitative estimate of drug-likeness (QED) is 0.887. The van der Waals surface area contributed by atoms with Crippen LogP contribution in [-0.4, -0.2) is 22.8 Å². The fraction of sp³-hybridized carbons (Fsp3) is 0.533. The number of carbonyl (C=O) groups excluding carboxylic acids is 2. The number of rotatable bonds is 2. The van der Waals surface area contributed by atoms with Crippen molar-refractivity contribution < 1.29 is 9.59 Å². The number of aromatic nitrogens is 1. The van der Waals surface area contributed by atoms with E-state index in [0.717, 1.165) is 17.7 Å². The molecule has 1 aromatic heterocycles. The van der Waals surface area contributed by atoms with Crippen molar-refractivity contribution in [2.75, 3.05) is 4.90 Å². The van der Waals surface area contributed by atoms with E-state index in [2.05, 4.69) is 11.9 Å². The second-order valence-corrected chi connectivity index (χ2v) is 5.96. The molecular formula is C15H19N3O2. The van der Waals surface area contributed by atoms with E-state index < -0.39 is 5.91 Å². The van der Waals surface area contributed by atoms with Crippen molar-refractivity contribution in [1.82, 2.24) is 4.98 Å². The minimum atomic E-state index is -0.529. The molecule has 5 heteroatoms. The highest BCUT2D eigenvalue weighted by Gasteiger charge is 2.43. The van der Waals surface area contributed by atoms with Crippen LogP contribution in [0.3, 0.4) is 0 Å². The zero-order chi connectivity index (χ0) is 14.4. The number of anilines is 1. The molecule has 0 radical (unpaired) electrons. The van der Waals surface area contributed by atoms with Crippen LogP contribution in [0, 0.1) is 11.8 Å². The van der Waals surface area contributed by atoms with E-state index in [4.69, 9.17) is 5.73 Å². The van der Waals surface area contributed by atoms with Gasteiger partial charge in [0.15, 0.2) is 0 Å². The molecule has 2 amide bonds. The van der Waals surface area contributed by atoms with Crippen molar-refractivity contribution in [2.24, 2.45) is 17.6 Å². The topological polar surface area (TPSA) is 76.3 Å². The molecule has 2 N–H and O–H groups in total. The number of hydrogen-bond donors (Lipinski definition) is 1. The van der Waals surface area contributed by atoms with Crippen LogP contribution in [0.5, 0.6) is 0 Å². The predicted molar refractivity (Wildman–Crippen MR) is 75.3 cm³/mol. The number of primary amides is 1. The van der Waals surface area contributed by atoms with Crippen LogP contribution in [0.2, 0.25) is 0 Å². The second-order valence-electron chi connectivity index (χ2n) is 5.96. The molecule has 2 aliphatic rings. The Morgan fingerprint density at radius 2 is 2.10 bits per heavy atom. The summed E-state index contributed by atoms with van der Waals surface area (Å²) in [5.41, 5.74) is 7.39. The van der Waals surface area contributed by atoms with Gasteiger partial charge in [-0.25, -0.2) is 4.98 Å². The van der Waals surface area contributed by atoms with Gasteiger partial charge >= 0.3 is 0 Å². The lowest BCUT2D eigenvalue weighted by atomic mass is 9.84. The molecule has 1 aromatic rings. The fourth-order valence-electron chi connectivity index (χ4n) is 3.38. The van der Waals surface area contributed by atoms with Gasteiger partial charge in [0, 0.05) is 13.0 Å². The third-order valence-electron chi connectivity index (χ3n) is 4.35. The average Bonchev–Trinajstić information content (AvgIpc) is 3.20. The number of nitrogens with zero attached hydrogens (tertiary/aromatic N) is 2. The molecule has 1 fully saturated rings. The van der Waals surface area contributed by atoms with E-state index in [1.165, 1.54) is 12.8 Å². The van der Waals surface area contributed by atoms with Crippen molar-refractivity contribution in [3.05, 3.63) is 23.5 Å². The van der Waals surface area contributed by atoms with Crippen molar-refractivity contribution in [3.63, 3.8) is 0 Å². The van der Waals surface area contributed by atoms with Gasteiger partial charge in [-0.15, -0.1) is 0 Å². The number of pyridine rings is 1. The number of amides is 2. The van der Waals surface area contributed by atoms with Crippen LogP contribution >= 0.6 is 0 Å². The Morgan fingerprint density at radius 1 is 1.40 bits per heavy atom. The minimum Gasteiger partial charge on any atom is -0.364 e. The molecular weight excluding hydrogens is 254 g/mol. The Labute approximate surface area is 118 Å². The molecule has 1 saturated carbocycles. The molecule has 0 unspecified atom stereocenters. The van der Waals surface area contributed by atoms with Crippen LogP contribution in [-0.2, 0) is 11.2 Å². The molecule has 0 spiro atoms. The van der Waals surface area contributed by atoms with Gasteiger partial charge < -0.3 is 10.6 Å². The molecule has 1 aliphatic heterocycles. The Balaban J connectivity index is 2.06. The minimum absolute atomic E-state index is 0.0447. The van der Waals surface area contributed by atoms with Crippen LogP contribution in [0.1, 0.15) is 42.7 Å². The molecule has 20 heavy (non-hydrogen) atoms. The van der Waals surface area contributed by atoms with Gasteiger partial charge in [-0.1, -0.05) is 6.92 Å². The Kier molecular flexibility index (Phi) is 3.00. The van der Waals surface area contributed by atoms with Crippen molar-refractivity contribution in [3.8, 4) is 0 Å². The predicted octanol–water partition coefficient (Wildman–Crippen LogP) is 1.50. The summed E-state index contributed by atoms with van der Waals surface area (Å²) in [6, 6.07) is 1.99. The second kappa shape index (κ2) is 4.58. The SMILES string of the molecule is CC(=O)N1c2cnc(C(N)=O)cc2C[C@@H](C)[C@@H]1C1CC1. The van der Waals surface area contributed by atoms with Gasteiger partial charge in [0.2, 0.25) is 5.91 Å². The first-order valence-corrected chi connectivity index (χ1v) is 7.07. The zero-order valence-electron chi connectivity index (χ0n) is 11.8. The van der Waals surface area contributed by atoms with Crippen LogP contribution in [0.15, 0.2) is 12.3 Å². The lowest BCUT2D eigenvalue weighted by Crippen LogP contribution is -2.48. The van der Waals surface area contributed by atoms with E-state index in [9.17, 15) is 9.59 Å². The van der Waals surface area contributed by atoms with E-state index >= 15 is 0 Å².